The van der Waals surface area contributed by atoms with Crippen molar-refractivity contribution < 1.29 is 22.7 Å². The molecular formula is C27H27N5O6S. The molecule has 5 rings (SSSR count). The number of nitriles is 1. The molecule has 202 valence electrons. The van der Waals surface area contributed by atoms with Crippen molar-refractivity contribution in [2.45, 2.75) is 37.6 Å². The first-order valence-corrected chi connectivity index (χ1v) is 14.0. The van der Waals surface area contributed by atoms with E-state index in [2.05, 4.69) is 5.32 Å². The quantitative estimate of drug-likeness (QED) is 0.434. The minimum atomic E-state index is -3.98. The first kappa shape index (κ1) is 26.2. The van der Waals surface area contributed by atoms with Gasteiger partial charge in [-0.25, -0.2) is 17.9 Å². The Morgan fingerprint density at radius 1 is 1.13 bits per heavy atom. The van der Waals surface area contributed by atoms with Crippen LogP contribution in [0.2, 0.25) is 0 Å². The summed E-state index contributed by atoms with van der Waals surface area (Å²) in [6.07, 6.45) is -0.190. The maximum Gasteiger partial charge on any atom is 0.420 e. The van der Waals surface area contributed by atoms with Gasteiger partial charge in [-0.15, -0.1) is 0 Å². The van der Waals surface area contributed by atoms with E-state index in [-0.39, 0.29) is 31.8 Å². The van der Waals surface area contributed by atoms with E-state index < -0.39 is 32.3 Å². The SMILES string of the molecule is CCOC(=O)NS(=O)(=O)C1(CN2CCn3c(=O)c(C(=O)NCc4ccc(C#N)cc4)cc4cccc2c43)CC1. The number of sulfonamides is 1. The molecular weight excluding hydrogens is 522 g/mol. The topological polar surface area (TPSA) is 151 Å². The molecule has 0 spiro atoms. The lowest BCUT2D eigenvalue weighted by Gasteiger charge is -2.34. The summed E-state index contributed by atoms with van der Waals surface area (Å²) in [5, 5.41) is 12.4. The van der Waals surface area contributed by atoms with Gasteiger partial charge in [0.1, 0.15) is 10.3 Å². The van der Waals surface area contributed by atoms with E-state index >= 15 is 0 Å². The Balaban J connectivity index is 1.39. The third-order valence-electron chi connectivity index (χ3n) is 7.16. The van der Waals surface area contributed by atoms with Crippen molar-refractivity contribution in [3.63, 3.8) is 0 Å². The van der Waals surface area contributed by atoms with Crippen LogP contribution in [0.15, 0.2) is 53.3 Å². The summed E-state index contributed by atoms with van der Waals surface area (Å²) in [6.45, 7) is 2.64. The number of ether oxygens (including phenoxy) is 1. The van der Waals surface area contributed by atoms with Crippen molar-refractivity contribution in [3.8, 4) is 6.07 Å². The van der Waals surface area contributed by atoms with Gasteiger partial charge in [0.25, 0.3) is 11.5 Å². The average molecular weight is 550 g/mol. The average Bonchev–Trinajstić information content (AvgIpc) is 3.71. The molecule has 1 saturated carbocycles. The molecule has 0 bridgehead atoms. The summed E-state index contributed by atoms with van der Waals surface area (Å²) < 4.78 is 33.2. The van der Waals surface area contributed by atoms with E-state index in [0.717, 1.165) is 5.56 Å². The molecule has 0 atom stereocenters. The molecule has 1 aliphatic carbocycles. The minimum absolute atomic E-state index is 0.0154. The second-order valence-corrected chi connectivity index (χ2v) is 11.7. The van der Waals surface area contributed by atoms with Crippen molar-refractivity contribution in [1.29, 1.82) is 5.26 Å². The largest absolute Gasteiger partial charge is 0.449 e. The highest BCUT2D eigenvalue weighted by Gasteiger charge is 2.56. The number of anilines is 1. The molecule has 1 aromatic heterocycles. The Labute approximate surface area is 225 Å². The Morgan fingerprint density at radius 3 is 2.54 bits per heavy atom. The van der Waals surface area contributed by atoms with Gasteiger partial charge in [0.15, 0.2) is 0 Å². The molecule has 2 amide bonds. The van der Waals surface area contributed by atoms with Crippen molar-refractivity contribution in [1.82, 2.24) is 14.6 Å². The Morgan fingerprint density at radius 2 is 1.87 bits per heavy atom. The van der Waals surface area contributed by atoms with Crippen LogP contribution in [0.3, 0.4) is 0 Å². The van der Waals surface area contributed by atoms with E-state index in [1.165, 1.54) is 0 Å². The fourth-order valence-corrected chi connectivity index (χ4v) is 6.37. The fourth-order valence-electron chi connectivity index (χ4n) is 4.91. The van der Waals surface area contributed by atoms with Crippen molar-refractivity contribution in [2.75, 3.05) is 24.6 Å². The van der Waals surface area contributed by atoms with Crippen molar-refractivity contribution in [2.24, 2.45) is 0 Å². The molecule has 0 saturated heterocycles. The van der Waals surface area contributed by atoms with Gasteiger partial charge >= 0.3 is 6.09 Å². The molecule has 39 heavy (non-hydrogen) atoms. The summed E-state index contributed by atoms with van der Waals surface area (Å²) >= 11 is 0. The minimum Gasteiger partial charge on any atom is -0.449 e. The Bertz CT molecular complexity index is 1670. The molecule has 11 nitrogen and oxygen atoms in total. The van der Waals surface area contributed by atoms with Crippen LogP contribution in [0, 0.1) is 11.3 Å². The third kappa shape index (κ3) is 4.93. The smallest absolute Gasteiger partial charge is 0.420 e. The van der Waals surface area contributed by atoms with E-state index in [4.69, 9.17) is 10.00 Å². The molecule has 2 aliphatic rings. The van der Waals surface area contributed by atoms with E-state index in [9.17, 15) is 22.8 Å². The number of benzene rings is 2. The van der Waals surface area contributed by atoms with E-state index in [1.54, 1.807) is 47.9 Å². The number of aromatic nitrogens is 1. The Kier molecular flexibility index (Phi) is 6.78. The van der Waals surface area contributed by atoms with Gasteiger partial charge in [-0.05, 0) is 49.6 Å². The molecule has 1 aliphatic heterocycles. The summed E-state index contributed by atoms with van der Waals surface area (Å²) in [5.74, 6) is -0.504. The highest BCUT2D eigenvalue weighted by Crippen LogP contribution is 2.45. The number of pyridine rings is 1. The normalized spacial score (nSPS) is 15.3. The maximum absolute atomic E-state index is 13.4. The molecule has 2 heterocycles. The van der Waals surface area contributed by atoms with Gasteiger partial charge in [0.05, 0.1) is 29.4 Å². The van der Waals surface area contributed by atoms with Crippen LogP contribution < -0.4 is 20.5 Å². The van der Waals surface area contributed by atoms with Crippen LogP contribution in [-0.4, -0.2) is 49.4 Å². The second-order valence-electron chi connectivity index (χ2n) is 9.65. The molecule has 3 aromatic rings. The van der Waals surface area contributed by atoms with Crippen molar-refractivity contribution in [3.05, 3.63) is 75.6 Å². The van der Waals surface area contributed by atoms with Gasteiger partial charge in [0, 0.05) is 31.6 Å². The summed E-state index contributed by atoms with van der Waals surface area (Å²) in [6, 6.07) is 15.8. The van der Waals surface area contributed by atoms with Crippen molar-refractivity contribution >= 4 is 38.6 Å². The number of hydrogen-bond acceptors (Lipinski definition) is 8. The number of rotatable bonds is 8. The number of amides is 2. The summed E-state index contributed by atoms with van der Waals surface area (Å²) in [5.41, 5.74) is 2.22. The molecule has 0 unspecified atom stereocenters. The number of carbonyl (C=O) groups is 2. The summed E-state index contributed by atoms with van der Waals surface area (Å²) in [4.78, 5) is 40.1. The van der Waals surface area contributed by atoms with Gasteiger partial charge in [-0.1, -0.05) is 24.3 Å². The predicted octanol–water partition coefficient (Wildman–Crippen LogP) is 2.23. The van der Waals surface area contributed by atoms with Crippen LogP contribution in [-0.2, 0) is 27.8 Å². The number of carbonyl (C=O) groups excluding carboxylic acids is 2. The van der Waals surface area contributed by atoms with Crippen LogP contribution in [0.4, 0.5) is 10.5 Å². The number of nitrogens with zero attached hydrogens (tertiary/aromatic N) is 3. The monoisotopic (exact) mass is 549 g/mol. The van der Waals surface area contributed by atoms with Gasteiger partial charge in [-0.2, -0.15) is 5.26 Å². The molecule has 1 fully saturated rings. The number of para-hydroxylation sites is 1. The van der Waals surface area contributed by atoms with Gasteiger partial charge in [-0.3, -0.25) is 9.59 Å². The van der Waals surface area contributed by atoms with Gasteiger partial charge in [0.2, 0.25) is 10.0 Å². The summed E-state index contributed by atoms with van der Waals surface area (Å²) in [7, 11) is -3.98. The van der Waals surface area contributed by atoms with Crippen LogP contribution in [0.25, 0.3) is 10.9 Å². The lowest BCUT2D eigenvalue weighted by atomic mass is 10.1. The first-order chi connectivity index (χ1) is 18.7. The van der Waals surface area contributed by atoms with Crippen LogP contribution in [0.1, 0.15) is 41.3 Å². The zero-order valence-corrected chi connectivity index (χ0v) is 22.1. The fraction of sp³-hybridized carbons (Fsp3) is 0.333. The lowest BCUT2D eigenvalue weighted by molar-refractivity contribution is 0.0949. The molecule has 2 aromatic carbocycles. The highest BCUT2D eigenvalue weighted by molar-refractivity contribution is 7.91. The predicted molar refractivity (Wildman–Crippen MR) is 144 cm³/mol. The first-order valence-electron chi connectivity index (χ1n) is 12.6. The third-order valence-corrected chi connectivity index (χ3v) is 9.27. The standard InChI is InChI=1S/C27H27N5O6S/c1-2-38-26(35)30-39(36,37)27(10-11-27)17-31-12-13-32-23-20(4-3-5-22(23)31)14-21(25(32)34)24(33)29-16-19-8-6-18(15-28)7-9-19/h3-9,14H,2,10-13,16-17H2,1H3,(H,29,33)(H,30,35). The van der Waals surface area contributed by atoms with Crippen LogP contribution >= 0.6 is 0 Å². The van der Waals surface area contributed by atoms with Gasteiger partial charge < -0.3 is 19.5 Å². The zero-order valence-electron chi connectivity index (χ0n) is 21.3. The Hall–Kier alpha value is -4.37. The maximum atomic E-state index is 13.4. The van der Waals surface area contributed by atoms with E-state index in [1.807, 2.05) is 27.8 Å². The number of nitrogens with one attached hydrogen (secondary N) is 2. The highest BCUT2D eigenvalue weighted by atomic mass is 32.2. The van der Waals surface area contributed by atoms with E-state index in [0.29, 0.717) is 41.5 Å². The lowest BCUT2D eigenvalue weighted by Crippen LogP contribution is -2.48. The molecule has 0 radical (unpaired) electrons. The number of hydrogen-bond donors (Lipinski definition) is 2. The molecule has 12 heteroatoms. The zero-order chi connectivity index (χ0) is 27.8. The second kappa shape index (κ2) is 10.1. The molecule has 2 N–H and O–H groups in total. The van der Waals surface area contributed by atoms with Crippen LogP contribution in [0.5, 0.6) is 0 Å².